The Morgan fingerprint density at radius 3 is 2.32 bits per heavy atom. The van der Waals surface area contributed by atoms with Gasteiger partial charge >= 0.3 is 0 Å². The number of pyridine rings is 1. The zero-order chi connectivity index (χ0) is 14.0. The molecule has 0 saturated heterocycles. The number of hydrogen-bond acceptors (Lipinski definition) is 3. The lowest BCUT2D eigenvalue weighted by Gasteiger charge is -2.12. The van der Waals surface area contributed by atoms with Gasteiger partial charge in [0.2, 0.25) is 0 Å². The second-order valence-electron chi connectivity index (χ2n) is 4.57. The van der Waals surface area contributed by atoms with Crippen LogP contribution in [0.4, 0.5) is 0 Å². The molecular weight excluding hydrogens is 262 g/mol. The summed E-state index contributed by atoms with van der Waals surface area (Å²) in [6.07, 6.45) is 1.03. The van der Waals surface area contributed by atoms with Crippen molar-refractivity contribution in [1.82, 2.24) is 4.98 Å². The van der Waals surface area contributed by atoms with Gasteiger partial charge in [0.25, 0.3) is 0 Å². The first kappa shape index (κ1) is 13.8. The molecule has 1 aromatic carbocycles. The molecule has 0 aliphatic rings. The van der Waals surface area contributed by atoms with E-state index in [0.29, 0.717) is 16.5 Å². The second kappa shape index (κ2) is 5.59. The van der Waals surface area contributed by atoms with E-state index in [1.165, 1.54) is 0 Å². The van der Waals surface area contributed by atoms with Crippen molar-refractivity contribution in [3.05, 3.63) is 52.3 Å². The number of halogens is 1. The van der Waals surface area contributed by atoms with Crippen molar-refractivity contribution < 1.29 is 9.84 Å². The van der Waals surface area contributed by atoms with E-state index in [1.54, 1.807) is 25.3 Å². The first-order valence-electron chi connectivity index (χ1n) is 6.06. The lowest BCUT2D eigenvalue weighted by atomic mass is 10.1. The molecule has 0 fully saturated rings. The zero-order valence-electron chi connectivity index (χ0n) is 11.1. The van der Waals surface area contributed by atoms with Crippen LogP contribution in [0.3, 0.4) is 0 Å². The Kier molecular flexibility index (Phi) is 4.08. The van der Waals surface area contributed by atoms with Crippen LogP contribution in [0.2, 0.25) is 5.02 Å². The molecule has 0 aliphatic heterocycles. The smallest absolute Gasteiger partial charge is 0.145 e. The summed E-state index contributed by atoms with van der Waals surface area (Å²) >= 11 is 5.99. The molecule has 0 radical (unpaired) electrons. The van der Waals surface area contributed by atoms with Crippen molar-refractivity contribution >= 4 is 11.6 Å². The molecular formula is C15H16ClNO2. The van der Waals surface area contributed by atoms with Gasteiger partial charge in [-0.05, 0) is 56.2 Å². The van der Waals surface area contributed by atoms with E-state index < -0.39 is 6.10 Å². The molecule has 100 valence electrons. The number of ether oxygens (including phenoxy) is 1. The molecule has 1 atom stereocenters. The molecule has 2 rings (SSSR count). The number of aliphatic hydroxyl groups is 1. The number of aliphatic hydroxyl groups excluding tert-OH is 1. The summed E-state index contributed by atoms with van der Waals surface area (Å²) in [6.45, 7) is 5.58. The van der Waals surface area contributed by atoms with E-state index >= 15 is 0 Å². The lowest BCUT2D eigenvalue weighted by molar-refractivity contribution is 0.194. The number of nitrogens with zero attached hydrogens (tertiary/aromatic N) is 1. The summed E-state index contributed by atoms with van der Waals surface area (Å²) in [5.41, 5.74) is 2.58. The average molecular weight is 278 g/mol. The van der Waals surface area contributed by atoms with E-state index in [4.69, 9.17) is 16.3 Å². The Labute approximate surface area is 117 Å². The maximum atomic E-state index is 9.41. The largest absolute Gasteiger partial charge is 0.455 e. The van der Waals surface area contributed by atoms with Gasteiger partial charge in [-0.1, -0.05) is 11.6 Å². The number of aryl methyl sites for hydroxylation is 2. The second-order valence-corrected chi connectivity index (χ2v) is 5.00. The van der Waals surface area contributed by atoms with Gasteiger partial charge in [-0.3, -0.25) is 4.98 Å². The number of hydrogen-bond donors (Lipinski definition) is 1. The molecule has 3 nitrogen and oxygen atoms in total. The fourth-order valence-electron chi connectivity index (χ4n) is 1.88. The SMILES string of the molecule is Cc1cc(Cl)cc(C)c1Oc1ccc([C@@H](C)O)nc1. The summed E-state index contributed by atoms with van der Waals surface area (Å²) in [4.78, 5) is 4.15. The Hall–Kier alpha value is -1.58. The lowest BCUT2D eigenvalue weighted by Crippen LogP contribution is -1.96. The molecule has 4 heteroatoms. The zero-order valence-corrected chi connectivity index (χ0v) is 11.9. The molecule has 0 bridgehead atoms. The van der Waals surface area contributed by atoms with Crippen molar-refractivity contribution in [1.29, 1.82) is 0 Å². The van der Waals surface area contributed by atoms with Gasteiger partial charge in [0.15, 0.2) is 0 Å². The highest BCUT2D eigenvalue weighted by Crippen LogP contribution is 2.31. The third kappa shape index (κ3) is 3.25. The van der Waals surface area contributed by atoms with Crippen LogP contribution in [0.5, 0.6) is 11.5 Å². The van der Waals surface area contributed by atoms with Crippen molar-refractivity contribution in [2.45, 2.75) is 26.9 Å². The molecule has 19 heavy (non-hydrogen) atoms. The molecule has 0 spiro atoms. The summed E-state index contributed by atoms with van der Waals surface area (Å²) in [7, 11) is 0. The first-order chi connectivity index (χ1) is 8.97. The van der Waals surface area contributed by atoms with Gasteiger partial charge in [0.1, 0.15) is 11.5 Å². The molecule has 0 unspecified atom stereocenters. The van der Waals surface area contributed by atoms with Crippen LogP contribution >= 0.6 is 11.6 Å². The van der Waals surface area contributed by atoms with Crippen molar-refractivity contribution in [3.8, 4) is 11.5 Å². The van der Waals surface area contributed by atoms with Crippen LogP contribution in [0.1, 0.15) is 29.8 Å². The van der Waals surface area contributed by atoms with Crippen LogP contribution < -0.4 is 4.74 Å². The van der Waals surface area contributed by atoms with Crippen LogP contribution in [0, 0.1) is 13.8 Å². The molecule has 0 aliphatic carbocycles. The Bertz CT molecular complexity index is 556. The van der Waals surface area contributed by atoms with Gasteiger partial charge in [0.05, 0.1) is 18.0 Å². The molecule has 2 aromatic rings. The predicted octanol–water partition coefficient (Wildman–Crippen LogP) is 4.20. The minimum Gasteiger partial charge on any atom is -0.455 e. The highest BCUT2D eigenvalue weighted by molar-refractivity contribution is 6.30. The van der Waals surface area contributed by atoms with Gasteiger partial charge in [-0.2, -0.15) is 0 Å². The maximum Gasteiger partial charge on any atom is 0.145 e. The number of benzene rings is 1. The van der Waals surface area contributed by atoms with Crippen molar-refractivity contribution in [3.63, 3.8) is 0 Å². The van der Waals surface area contributed by atoms with E-state index in [0.717, 1.165) is 16.9 Å². The van der Waals surface area contributed by atoms with Gasteiger partial charge in [-0.15, -0.1) is 0 Å². The van der Waals surface area contributed by atoms with E-state index in [1.807, 2.05) is 26.0 Å². The van der Waals surface area contributed by atoms with Gasteiger partial charge in [-0.25, -0.2) is 0 Å². The average Bonchev–Trinajstić information content (AvgIpc) is 2.34. The van der Waals surface area contributed by atoms with E-state index in [2.05, 4.69) is 4.98 Å². The number of aromatic nitrogens is 1. The van der Waals surface area contributed by atoms with Crippen molar-refractivity contribution in [2.75, 3.05) is 0 Å². The Balaban J connectivity index is 2.26. The molecule has 1 aromatic heterocycles. The molecule has 0 amide bonds. The maximum absolute atomic E-state index is 9.41. The Morgan fingerprint density at radius 1 is 1.21 bits per heavy atom. The van der Waals surface area contributed by atoms with Crippen LogP contribution in [0.25, 0.3) is 0 Å². The monoisotopic (exact) mass is 277 g/mol. The number of rotatable bonds is 3. The fraction of sp³-hybridized carbons (Fsp3) is 0.267. The highest BCUT2D eigenvalue weighted by atomic mass is 35.5. The molecule has 1 N–H and O–H groups in total. The quantitative estimate of drug-likeness (QED) is 0.914. The normalized spacial score (nSPS) is 12.3. The third-order valence-corrected chi connectivity index (χ3v) is 3.05. The van der Waals surface area contributed by atoms with Crippen LogP contribution in [0.15, 0.2) is 30.5 Å². The van der Waals surface area contributed by atoms with E-state index in [-0.39, 0.29) is 0 Å². The summed E-state index contributed by atoms with van der Waals surface area (Å²) in [6, 6.07) is 7.27. The summed E-state index contributed by atoms with van der Waals surface area (Å²) < 4.78 is 5.83. The molecule has 1 heterocycles. The Morgan fingerprint density at radius 2 is 1.84 bits per heavy atom. The minimum atomic E-state index is -0.576. The van der Waals surface area contributed by atoms with Gasteiger partial charge < -0.3 is 9.84 Å². The van der Waals surface area contributed by atoms with Crippen LogP contribution in [-0.4, -0.2) is 10.1 Å². The predicted molar refractivity (Wildman–Crippen MR) is 75.9 cm³/mol. The fourth-order valence-corrected chi connectivity index (χ4v) is 2.20. The highest BCUT2D eigenvalue weighted by Gasteiger charge is 2.08. The summed E-state index contributed by atoms with van der Waals surface area (Å²) in [5, 5.41) is 10.1. The van der Waals surface area contributed by atoms with E-state index in [9.17, 15) is 5.11 Å². The molecule has 0 saturated carbocycles. The van der Waals surface area contributed by atoms with Crippen LogP contribution in [-0.2, 0) is 0 Å². The topological polar surface area (TPSA) is 42.4 Å². The minimum absolute atomic E-state index is 0.576. The summed E-state index contributed by atoms with van der Waals surface area (Å²) in [5.74, 6) is 1.42. The van der Waals surface area contributed by atoms with Crippen molar-refractivity contribution in [2.24, 2.45) is 0 Å². The third-order valence-electron chi connectivity index (χ3n) is 2.83. The standard InChI is InChI=1S/C15H16ClNO2/c1-9-6-12(16)7-10(2)15(9)19-13-4-5-14(11(3)18)17-8-13/h4-8,11,18H,1-3H3/t11-/m1/s1. The van der Waals surface area contributed by atoms with Gasteiger partial charge in [0, 0.05) is 5.02 Å². The first-order valence-corrected chi connectivity index (χ1v) is 6.44.